The molecular formula is C22H16F6N4OS. The molecule has 0 spiro atoms. The van der Waals surface area contributed by atoms with Gasteiger partial charge in [-0.15, -0.1) is 0 Å². The van der Waals surface area contributed by atoms with Crippen LogP contribution in [0.25, 0.3) is 16.5 Å². The van der Waals surface area contributed by atoms with Gasteiger partial charge in [-0.2, -0.15) is 36.4 Å². The molecule has 178 valence electrons. The molecule has 3 aromatic rings. The molecular weight excluding hydrogens is 482 g/mol. The van der Waals surface area contributed by atoms with Crippen LogP contribution in [0.5, 0.6) is 0 Å². The predicted octanol–water partition coefficient (Wildman–Crippen LogP) is 5.75. The third-order valence-electron chi connectivity index (χ3n) is 5.14. The smallest absolute Gasteiger partial charge is 0.357 e. The molecule has 4 rings (SSSR count). The number of aliphatic imine (C=N–C) groups is 1. The minimum absolute atomic E-state index is 0.0995. The van der Waals surface area contributed by atoms with Gasteiger partial charge < -0.3 is 4.90 Å². The molecule has 1 aromatic heterocycles. The number of hydrogen-bond donors (Lipinski definition) is 1. The minimum atomic E-state index is -5.03. The van der Waals surface area contributed by atoms with Gasteiger partial charge in [0.25, 0.3) is 5.91 Å². The van der Waals surface area contributed by atoms with E-state index in [0.29, 0.717) is 27.7 Å². The maximum Gasteiger partial charge on any atom is 0.416 e. The van der Waals surface area contributed by atoms with Crippen molar-refractivity contribution in [1.82, 2.24) is 15.1 Å². The van der Waals surface area contributed by atoms with E-state index in [2.05, 4.69) is 15.2 Å². The van der Waals surface area contributed by atoms with E-state index in [4.69, 9.17) is 0 Å². The van der Waals surface area contributed by atoms with Crippen molar-refractivity contribution in [3.8, 4) is 0 Å². The molecule has 0 saturated carbocycles. The van der Waals surface area contributed by atoms with Crippen molar-refractivity contribution in [1.29, 1.82) is 0 Å². The van der Waals surface area contributed by atoms with Gasteiger partial charge in [0.05, 0.1) is 27.7 Å². The summed E-state index contributed by atoms with van der Waals surface area (Å²) in [6.45, 7) is 0. The topological polar surface area (TPSA) is 61.4 Å². The monoisotopic (exact) mass is 498 g/mol. The van der Waals surface area contributed by atoms with Crippen LogP contribution in [0.4, 0.5) is 26.3 Å². The Hall–Kier alpha value is -3.28. The number of aromatic amines is 1. The number of fused-ring (bicyclic) bond motifs is 1. The third kappa shape index (κ3) is 4.67. The van der Waals surface area contributed by atoms with Gasteiger partial charge in [0.15, 0.2) is 5.17 Å². The molecule has 5 nitrogen and oxygen atoms in total. The van der Waals surface area contributed by atoms with Gasteiger partial charge in [-0.25, -0.2) is 0 Å². The number of alkyl halides is 6. The first-order valence-corrected chi connectivity index (χ1v) is 10.6. The molecule has 0 fully saturated rings. The lowest BCUT2D eigenvalue weighted by molar-refractivity contribution is -0.143. The van der Waals surface area contributed by atoms with Crippen LogP contribution < -0.4 is 0 Å². The molecule has 34 heavy (non-hydrogen) atoms. The second kappa shape index (κ2) is 8.49. The van der Waals surface area contributed by atoms with Crippen LogP contribution in [-0.2, 0) is 23.6 Å². The molecule has 1 amide bonds. The Kier molecular flexibility index (Phi) is 5.96. The van der Waals surface area contributed by atoms with Crippen molar-refractivity contribution in [2.75, 3.05) is 14.1 Å². The molecule has 2 aromatic carbocycles. The molecule has 2 heterocycles. The molecule has 1 aliphatic rings. The Morgan fingerprint density at radius 3 is 2.38 bits per heavy atom. The fourth-order valence-electron chi connectivity index (χ4n) is 3.48. The molecule has 1 N–H and O–H groups in total. The van der Waals surface area contributed by atoms with Gasteiger partial charge in [0.2, 0.25) is 0 Å². The highest BCUT2D eigenvalue weighted by Gasteiger charge is 2.38. The summed E-state index contributed by atoms with van der Waals surface area (Å²) in [6, 6.07) is 6.44. The quantitative estimate of drug-likeness (QED) is 0.369. The molecule has 1 aliphatic heterocycles. The van der Waals surface area contributed by atoms with E-state index in [1.54, 1.807) is 37.2 Å². The predicted molar refractivity (Wildman–Crippen MR) is 117 cm³/mol. The second-order valence-corrected chi connectivity index (χ2v) is 8.70. The number of nitrogens with one attached hydrogen (secondary N) is 1. The van der Waals surface area contributed by atoms with E-state index in [1.807, 2.05) is 0 Å². The summed E-state index contributed by atoms with van der Waals surface area (Å²) in [4.78, 5) is 18.3. The summed E-state index contributed by atoms with van der Waals surface area (Å²) in [7, 11) is 3.33. The number of hydrogen-bond acceptors (Lipinski definition) is 4. The normalized spacial score (nSPS) is 16.2. The Morgan fingerprint density at radius 1 is 1.03 bits per heavy atom. The standard InChI is InChI=1S/C22H16F6N4OS/c1-32(2)20-30-19(33)18(34-20)15(11-4-6-17-13(7-11)10-29-31-17)8-12-3-5-14(21(23,24)25)9-16(12)22(26,27)28/h3-7,9-10H,8H2,1-2H3,(H,29,31). The Morgan fingerprint density at radius 2 is 1.76 bits per heavy atom. The summed E-state index contributed by atoms with van der Waals surface area (Å²) >= 11 is 0.999. The first-order chi connectivity index (χ1) is 15.8. The van der Waals surface area contributed by atoms with Gasteiger partial charge in [-0.3, -0.25) is 9.89 Å². The highest BCUT2D eigenvalue weighted by molar-refractivity contribution is 8.18. The van der Waals surface area contributed by atoms with E-state index in [0.717, 1.165) is 17.8 Å². The van der Waals surface area contributed by atoms with Crippen LogP contribution >= 0.6 is 11.8 Å². The molecule has 0 saturated heterocycles. The fourth-order valence-corrected chi connectivity index (χ4v) is 4.42. The number of aromatic nitrogens is 2. The summed E-state index contributed by atoms with van der Waals surface area (Å²) in [6.07, 6.45) is -8.87. The first-order valence-electron chi connectivity index (χ1n) is 9.77. The number of amides is 1. The van der Waals surface area contributed by atoms with Crippen LogP contribution in [-0.4, -0.2) is 40.3 Å². The lowest BCUT2D eigenvalue weighted by Crippen LogP contribution is -2.16. The zero-order chi connectivity index (χ0) is 24.8. The van der Waals surface area contributed by atoms with Crippen LogP contribution in [0.3, 0.4) is 0 Å². The fraction of sp³-hybridized carbons (Fsp3) is 0.227. The van der Waals surface area contributed by atoms with E-state index in [-0.39, 0.29) is 22.1 Å². The van der Waals surface area contributed by atoms with Crippen molar-refractivity contribution < 1.29 is 31.1 Å². The van der Waals surface area contributed by atoms with Crippen LogP contribution in [0.2, 0.25) is 0 Å². The maximum atomic E-state index is 13.8. The summed E-state index contributed by atoms with van der Waals surface area (Å²) in [5, 5.41) is 7.68. The average molecular weight is 498 g/mol. The Labute approximate surface area is 193 Å². The highest BCUT2D eigenvalue weighted by atomic mass is 32.2. The zero-order valence-corrected chi connectivity index (χ0v) is 18.5. The molecule has 0 bridgehead atoms. The maximum absolute atomic E-state index is 13.8. The van der Waals surface area contributed by atoms with Crippen LogP contribution in [0, 0.1) is 0 Å². The molecule has 0 radical (unpaired) electrons. The van der Waals surface area contributed by atoms with Crippen LogP contribution in [0.15, 0.2) is 52.5 Å². The number of nitrogens with zero attached hydrogens (tertiary/aromatic N) is 3. The summed E-state index contributed by atoms with van der Waals surface area (Å²) in [5.41, 5.74) is -1.86. The number of halogens is 6. The summed E-state index contributed by atoms with van der Waals surface area (Å²) < 4.78 is 80.6. The SMILES string of the molecule is CN(C)C1=NC(=O)C(=C(Cc2ccc(C(F)(F)F)cc2C(F)(F)F)c2ccc3[nH]ncc3c2)S1. The number of H-pyrrole nitrogens is 1. The van der Waals surface area contributed by atoms with Crippen molar-refractivity contribution >= 4 is 39.3 Å². The van der Waals surface area contributed by atoms with Crippen molar-refractivity contribution in [2.24, 2.45) is 4.99 Å². The second-order valence-electron chi connectivity index (χ2n) is 7.72. The Bertz CT molecular complexity index is 1340. The van der Waals surface area contributed by atoms with E-state index >= 15 is 0 Å². The average Bonchev–Trinajstić information content (AvgIpc) is 3.36. The van der Waals surface area contributed by atoms with Crippen molar-refractivity contribution in [3.63, 3.8) is 0 Å². The molecule has 12 heteroatoms. The van der Waals surface area contributed by atoms with Crippen LogP contribution in [0.1, 0.15) is 22.3 Å². The number of benzene rings is 2. The van der Waals surface area contributed by atoms with Gasteiger partial charge in [-0.05, 0) is 59.1 Å². The summed E-state index contributed by atoms with van der Waals surface area (Å²) in [5.74, 6) is -0.628. The molecule has 0 unspecified atom stereocenters. The third-order valence-corrected chi connectivity index (χ3v) is 6.40. The highest BCUT2D eigenvalue weighted by Crippen LogP contribution is 2.41. The minimum Gasteiger partial charge on any atom is -0.357 e. The Balaban J connectivity index is 1.88. The molecule has 0 aliphatic carbocycles. The number of thioether (sulfide) groups is 1. The van der Waals surface area contributed by atoms with Crippen molar-refractivity contribution in [3.05, 3.63) is 69.8 Å². The lowest BCUT2D eigenvalue weighted by atomic mass is 9.92. The first kappa shape index (κ1) is 23.9. The number of amidine groups is 1. The van der Waals surface area contributed by atoms with Gasteiger partial charge in [0, 0.05) is 19.5 Å². The van der Waals surface area contributed by atoms with Gasteiger partial charge >= 0.3 is 12.4 Å². The van der Waals surface area contributed by atoms with E-state index in [1.165, 1.54) is 6.20 Å². The zero-order valence-electron chi connectivity index (χ0n) is 17.7. The lowest BCUT2D eigenvalue weighted by Gasteiger charge is -2.18. The largest absolute Gasteiger partial charge is 0.416 e. The van der Waals surface area contributed by atoms with E-state index < -0.39 is 35.8 Å². The number of carbonyl (C=O) groups excluding carboxylic acids is 1. The van der Waals surface area contributed by atoms with Crippen molar-refractivity contribution in [2.45, 2.75) is 18.8 Å². The number of carbonyl (C=O) groups is 1. The molecule has 0 atom stereocenters. The number of allylic oxidation sites excluding steroid dienone is 1. The van der Waals surface area contributed by atoms with Gasteiger partial charge in [-0.1, -0.05) is 12.1 Å². The van der Waals surface area contributed by atoms with E-state index in [9.17, 15) is 31.1 Å². The van der Waals surface area contributed by atoms with Gasteiger partial charge in [0.1, 0.15) is 0 Å². The number of rotatable bonds is 3.